The zero-order valence-corrected chi connectivity index (χ0v) is 12.5. The second-order valence-electron chi connectivity index (χ2n) is 4.81. The molecule has 1 N–H and O–H groups in total. The van der Waals surface area contributed by atoms with Crippen LogP contribution in [0.1, 0.15) is 26.3 Å². The molecule has 0 spiro atoms. The molecule has 112 valence electrons. The highest BCUT2D eigenvalue weighted by Gasteiger charge is 2.35. The topological polar surface area (TPSA) is 47.6 Å². The van der Waals surface area contributed by atoms with E-state index in [2.05, 4.69) is 5.32 Å². The van der Waals surface area contributed by atoms with Crippen molar-refractivity contribution < 1.29 is 18.7 Å². The standard InChI is InChI=1S/C15H22FNO3/c1-5-17-15(4,14(18)19-6-2)10-20-13-9-11(3)7-8-12(13)16/h7-9,17H,5-6,10H2,1-4H3. The molecule has 0 aliphatic heterocycles. The molecule has 0 saturated heterocycles. The molecule has 20 heavy (non-hydrogen) atoms. The van der Waals surface area contributed by atoms with Crippen molar-refractivity contribution in [2.45, 2.75) is 33.2 Å². The lowest BCUT2D eigenvalue weighted by Crippen LogP contribution is -2.54. The molecule has 0 amide bonds. The molecular formula is C15H22FNO3. The van der Waals surface area contributed by atoms with Crippen LogP contribution in [0.5, 0.6) is 5.75 Å². The number of ether oxygens (including phenoxy) is 2. The summed E-state index contributed by atoms with van der Waals surface area (Å²) in [7, 11) is 0. The summed E-state index contributed by atoms with van der Waals surface area (Å²) in [6.07, 6.45) is 0. The number of carbonyl (C=O) groups excluding carboxylic acids is 1. The van der Waals surface area contributed by atoms with Crippen LogP contribution in [0.4, 0.5) is 4.39 Å². The molecule has 1 atom stereocenters. The average Bonchev–Trinajstić information content (AvgIpc) is 2.40. The number of rotatable bonds is 7. The van der Waals surface area contributed by atoms with Gasteiger partial charge in [-0.1, -0.05) is 13.0 Å². The van der Waals surface area contributed by atoms with E-state index in [0.717, 1.165) is 5.56 Å². The Hall–Kier alpha value is -1.62. The lowest BCUT2D eigenvalue weighted by Gasteiger charge is -2.28. The molecule has 0 heterocycles. The van der Waals surface area contributed by atoms with Gasteiger partial charge in [-0.3, -0.25) is 5.32 Å². The van der Waals surface area contributed by atoms with Crippen molar-refractivity contribution in [3.8, 4) is 5.75 Å². The quantitative estimate of drug-likeness (QED) is 0.781. The lowest BCUT2D eigenvalue weighted by atomic mass is 10.0. The van der Waals surface area contributed by atoms with Crippen molar-refractivity contribution in [1.29, 1.82) is 0 Å². The van der Waals surface area contributed by atoms with Gasteiger partial charge in [-0.05, 0) is 45.0 Å². The third kappa shape index (κ3) is 4.20. The number of aryl methyl sites for hydroxylation is 1. The van der Waals surface area contributed by atoms with Gasteiger partial charge in [-0.15, -0.1) is 0 Å². The predicted molar refractivity (Wildman–Crippen MR) is 75.3 cm³/mol. The van der Waals surface area contributed by atoms with Crippen LogP contribution in [0, 0.1) is 12.7 Å². The molecule has 0 aliphatic rings. The molecule has 0 bridgehead atoms. The Morgan fingerprint density at radius 2 is 2.10 bits per heavy atom. The molecule has 1 rings (SSSR count). The third-order valence-corrected chi connectivity index (χ3v) is 2.90. The van der Waals surface area contributed by atoms with Crippen molar-refractivity contribution in [3.63, 3.8) is 0 Å². The fourth-order valence-electron chi connectivity index (χ4n) is 1.81. The molecule has 0 fully saturated rings. The van der Waals surface area contributed by atoms with Gasteiger partial charge < -0.3 is 9.47 Å². The average molecular weight is 283 g/mol. The molecule has 0 radical (unpaired) electrons. The highest BCUT2D eigenvalue weighted by atomic mass is 19.1. The van der Waals surface area contributed by atoms with E-state index in [-0.39, 0.29) is 12.4 Å². The largest absolute Gasteiger partial charge is 0.488 e. The minimum Gasteiger partial charge on any atom is -0.488 e. The van der Waals surface area contributed by atoms with Crippen molar-refractivity contribution >= 4 is 5.97 Å². The van der Waals surface area contributed by atoms with E-state index in [1.807, 2.05) is 13.8 Å². The van der Waals surface area contributed by atoms with Crippen LogP contribution in [0.25, 0.3) is 0 Å². The van der Waals surface area contributed by atoms with Crippen molar-refractivity contribution in [2.24, 2.45) is 0 Å². The minimum absolute atomic E-state index is 0.0000463. The van der Waals surface area contributed by atoms with E-state index in [0.29, 0.717) is 13.2 Å². The number of hydrogen-bond donors (Lipinski definition) is 1. The number of esters is 1. The fourth-order valence-corrected chi connectivity index (χ4v) is 1.81. The maximum absolute atomic E-state index is 13.6. The summed E-state index contributed by atoms with van der Waals surface area (Å²) in [5.74, 6) is -0.716. The monoisotopic (exact) mass is 283 g/mol. The Bertz CT molecular complexity index is 464. The lowest BCUT2D eigenvalue weighted by molar-refractivity contribution is -0.151. The summed E-state index contributed by atoms with van der Waals surface area (Å²) in [6.45, 7) is 8.02. The first kappa shape index (κ1) is 16.4. The van der Waals surface area contributed by atoms with Gasteiger partial charge in [-0.25, -0.2) is 9.18 Å². The van der Waals surface area contributed by atoms with Crippen LogP contribution in [-0.4, -0.2) is 31.3 Å². The first-order valence-corrected chi connectivity index (χ1v) is 6.74. The number of halogens is 1. The number of benzene rings is 1. The summed E-state index contributed by atoms with van der Waals surface area (Å²) in [5, 5.41) is 3.03. The van der Waals surface area contributed by atoms with Gasteiger partial charge >= 0.3 is 5.97 Å². The van der Waals surface area contributed by atoms with E-state index in [4.69, 9.17) is 9.47 Å². The highest BCUT2D eigenvalue weighted by Crippen LogP contribution is 2.20. The van der Waals surface area contributed by atoms with E-state index < -0.39 is 17.3 Å². The molecule has 1 unspecified atom stereocenters. The van der Waals surface area contributed by atoms with Crippen LogP contribution in [0.3, 0.4) is 0 Å². The van der Waals surface area contributed by atoms with Crippen LogP contribution < -0.4 is 10.1 Å². The number of hydrogen-bond acceptors (Lipinski definition) is 4. The molecule has 1 aromatic rings. The van der Waals surface area contributed by atoms with Gasteiger partial charge in [0.1, 0.15) is 12.1 Å². The summed E-state index contributed by atoms with van der Waals surface area (Å²) in [4.78, 5) is 12.0. The Morgan fingerprint density at radius 3 is 2.70 bits per heavy atom. The van der Waals surface area contributed by atoms with Gasteiger partial charge in [0.25, 0.3) is 0 Å². The molecule has 0 aliphatic carbocycles. The SMILES string of the molecule is CCNC(C)(COc1cc(C)ccc1F)C(=O)OCC. The van der Waals surface area contributed by atoms with E-state index >= 15 is 0 Å². The number of nitrogens with one attached hydrogen (secondary N) is 1. The Morgan fingerprint density at radius 1 is 1.40 bits per heavy atom. The minimum atomic E-state index is -0.999. The maximum Gasteiger partial charge on any atom is 0.329 e. The summed E-state index contributed by atoms with van der Waals surface area (Å²) < 4.78 is 24.1. The number of carbonyl (C=O) groups is 1. The van der Waals surface area contributed by atoms with E-state index in [9.17, 15) is 9.18 Å². The maximum atomic E-state index is 13.6. The predicted octanol–water partition coefficient (Wildman–Crippen LogP) is 2.44. The van der Waals surface area contributed by atoms with Gasteiger partial charge in [0.05, 0.1) is 6.61 Å². The Labute approximate surface area is 119 Å². The Kier molecular flexibility index (Phi) is 5.95. The summed E-state index contributed by atoms with van der Waals surface area (Å²) >= 11 is 0. The summed E-state index contributed by atoms with van der Waals surface area (Å²) in [5.41, 5.74) is -0.108. The smallest absolute Gasteiger partial charge is 0.329 e. The van der Waals surface area contributed by atoms with Crippen LogP contribution in [0.15, 0.2) is 18.2 Å². The van der Waals surface area contributed by atoms with Gasteiger partial charge in [0.15, 0.2) is 11.6 Å². The van der Waals surface area contributed by atoms with E-state index in [1.54, 1.807) is 26.0 Å². The third-order valence-electron chi connectivity index (χ3n) is 2.90. The molecule has 0 saturated carbocycles. The first-order chi connectivity index (χ1) is 9.42. The van der Waals surface area contributed by atoms with Gasteiger partial charge in [0.2, 0.25) is 0 Å². The van der Waals surface area contributed by atoms with Crippen LogP contribution >= 0.6 is 0 Å². The van der Waals surface area contributed by atoms with Crippen LogP contribution in [-0.2, 0) is 9.53 Å². The first-order valence-electron chi connectivity index (χ1n) is 6.74. The molecule has 4 nitrogen and oxygen atoms in total. The molecule has 1 aromatic carbocycles. The number of likely N-dealkylation sites (N-methyl/N-ethyl adjacent to an activating group) is 1. The van der Waals surface area contributed by atoms with Crippen LogP contribution in [0.2, 0.25) is 0 Å². The zero-order chi connectivity index (χ0) is 15.2. The second-order valence-corrected chi connectivity index (χ2v) is 4.81. The molecule has 0 aromatic heterocycles. The fraction of sp³-hybridized carbons (Fsp3) is 0.533. The molecule has 5 heteroatoms. The second kappa shape index (κ2) is 7.24. The zero-order valence-electron chi connectivity index (χ0n) is 12.5. The van der Waals surface area contributed by atoms with Crippen molar-refractivity contribution in [3.05, 3.63) is 29.6 Å². The highest BCUT2D eigenvalue weighted by molar-refractivity contribution is 5.80. The van der Waals surface area contributed by atoms with Crippen molar-refractivity contribution in [2.75, 3.05) is 19.8 Å². The van der Waals surface area contributed by atoms with Gasteiger partial charge in [0, 0.05) is 0 Å². The molecular weight excluding hydrogens is 261 g/mol. The normalized spacial score (nSPS) is 13.7. The Balaban J connectivity index is 2.81. The summed E-state index contributed by atoms with van der Waals surface area (Å²) in [6, 6.07) is 4.61. The van der Waals surface area contributed by atoms with Crippen molar-refractivity contribution in [1.82, 2.24) is 5.32 Å². The van der Waals surface area contributed by atoms with E-state index in [1.165, 1.54) is 6.07 Å². The van der Waals surface area contributed by atoms with Gasteiger partial charge in [-0.2, -0.15) is 0 Å².